The van der Waals surface area contributed by atoms with E-state index >= 15 is 0 Å². The predicted molar refractivity (Wildman–Crippen MR) is 148 cm³/mol. The molecular formula is C21H48N6S3. The van der Waals surface area contributed by atoms with Gasteiger partial charge >= 0.3 is 0 Å². The highest BCUT2D eigenvalue weighted by Gasteiger charge is 2.10. The Morgan fingerprint density at radius 2 is 0.800 bits per heavy atom. The lowest BCUT2D eigenvalue weighted by molar-refractivity contribution is 0.363. The molecule has 0 bridgehead atoms. The molecule has 3 N–H and O–H groups in total. The van der Waals surface area contributed by atoms with E-state index in [1.165, 1.54) is 0 Å². The molecule has 0 amide bonds. The van der Waals surface area contributed by atoms with Gasteiger partial charge in [-0.1, -0.05) is 0 Å². The normalized spacial score (nSPS) is 9.10. The minimum absolute atomic E-state index is 0.745. The third kappa shape index (κ3) is 17.9. The summed E-state index contributed by atoms with van der Waals surface area (Å²) in [5, 5.41) is 11.6. The van der Waals surface area contributed by atoms with Crippen molar-refractivity contribution in [1.29, 1.82) is 0 Å². The molecule has 9 heteroatoms. The van der Waals surface area contributed by atoms with Crippen molar-refractivity contribution in [2.75, 3.05) is 58.9 Å². The van der Waals surface area contributed by atoms with Crippen LogP contribution in [-0.4, -0.2) is 88.9 Å². The molecular weight excluding hydrogens is 432 g/mol. The molecule has 0 radical (unpaired) electrons. The summed E-state index contributed by atoms with van der Waals surface area (Å²) < 4.78 is 0. The number of thiocarbonyl (C=S) groups is 3. The minimum Gasteiger partial charge on any atom is -0.363 e. The Morgan fingerprint density at radius 3 is 1.03 bits per heavy atom. The maximum absolute atomic E-state index is 5.35. The largest absolute Gasteiger partial charge is 0.363 e. The molecule has 0 aromatic carbocycles. The molecule has 6 nitrogen and oxygen atoms in total. The van der Waals surface area contributed by atoms with Gasteiger partial charge in [0.15, 0.2) is 15.3 Å². The summed E-state index contributed by atoms with van der Waals surface area (Å²) in [5.74, 6) is 0. The quantitative estimate of drug-likeness (QED) is 0.429. The zero-order valence-electron chi connectivity index (χ0n) is 20.9. The van der Waals surface area contributed by atoms with E-state index in [-0.39, 0.29) is 0 Å². The predicted octanol–water partition coefficient (Wildman–Crippen LogP) is 3.67. The average Bonchev–Trinajstić information content (AvgIpc) is 2.72. The van der Waals surface area contributed by atoms with Crippen LogP contribution >= 0.6 is 36.7 Å². The van der Waals surface area contributed by atoms with E-state index < -0.39 is 0 Å². The second kappa shape index (κ2) is 24.3. The maximum Gasteiger partial charge on any atom is 0.171 e. The molecule has 0 atom stereocenters. The topological polar surface area (TPSA) is 45.8 Å². The molecule has 0 saturated heterocycles. The Hall–Kier alpha value is -0.930. The van der Waals surface area contributed by atoms with Crippen LogP contribution in [0.1, 0.15) is 62.3 Å². The van der Waals surface area contributed by atoms with E-state index in [0.29, 0.717) is 0 Å². The molecule has 0 aliphatic carbocycles. The smallest absolute Gasteiger partial charge is 0.171 e. The van der Waals surface area contributed by atoms with Crippen LogP contribution in [-0.2, 0) is 0 Å². The van der Waals surface area contributed by atoms with Crippen LogP contribution in [0, 0.1) is 0 Å². The molecule has 0 spiro atoms. The fraction of sp³-hybridized carbons (Fsp3) is 0.857. The lowest BCUT2D eigenvalue weighted by Gasteiger charge is -2.30. The fourth-order valence-corrected chi connectivity index (χ4v) is 3.55. The summed E-state index contributed by atoms with van der Waals surface area (Å²) in [6.07, 6.45) is 0. The first kappa shape index (κ1) is 33.7. The van der Waals surface area contributed by atoms with Gasteiger partial charge < -0.3 is 30.7 Å². The van der Waals surface area contributed by atoms with Gasteiger partial charge in [-0.3, -0.25) is 0 Å². The fourth-order valence-electron chi connectivity index (χ4n) is 2.35. The van der Waals surface area contributed by atoms with Crippen molar-refractivity contribution >= 4 is 52.0 Å². The zero-order chi connectivity index (χ0) is 23.9. The summed E-state index contributed by atoms with van der Waals surface area (Å²) in [7, 11) is 0. The van der Waals surface area contributed by atoms with Gasteiger partial charge in [0.2, 0.25) is 0 Å². The van der Waals surface area contributed by atoms with Gasteiger partial charge in [-0.15, -0.1) is 0 Å². The first-order valence-electron chi connectivity index (χ1n) is 11.4. The molecule has 0 aromatic heterocycles. The molecule has 0 fully saturated rings. The highest BCUT2D eigenvalue weighted by molar-refractivity contribution is 7.80. The number of hydrogen-bond acceptors (Lipinski definition) is 3. The van der Waals surface area contributed by atoms with Gasteiger partial charge in [0.05, 0.1) is 0 Å². The molecule has 0 aliphatic rings. The van der Waals surface area contributed by atoms with E-state index in [9.17, 15) is 0 Å². The Labute approximate surface area is 203 Å². The van der Waals surface area contributed by atoms with E-state index in [1.807, 2.05) is 13.8 Å². The summed E-state index contributed by atoms with van der Waals surface area (Å²) >= 11 is 15.3. The van der Waals surface area contributed by atoms with Crippen LogP contribution in [0.15, 0.2) is 0 Å². The molecule has 0 aromatic rings. The third-order valence-corrected chi connectivity index (χ3v) is 5.33. The van der Waals surface area contributed by atoms with Gasteiger partial charge in [-0.2, -0.15) is 0 Å². The van der Waals surface area contributed by atoms with Gasteiger partial charge in [0.25, 0.3) is 0 Å². The van der Waals surface area contributed by atoms with E-state index in [4.69, 9.17) is 36.7 Å². The highest BCUT2D eigenvalue weighted by atomic mass is 32.1. The molecule has 30 heavy (non-hydrogen) atoms. The number of nitrogens with zero attached hydrogens (tertiary/aromatic N) is 3. The Balaban J connectivity index is -0.000000372. The van der Waals surface area contributed by atoms with Crippen LogP contribution < -0.4 is 16.0 Å². The van der Waals surface area contributed by atoms with Crippen molar-refractivity contribution in [3.63, 3.8) is 0 Å². The Morgan fingerprint density at radius 1 is 0.500 bits per heavy atom. The number of nitrogens with one attached hydrogen (secondary N) is 3. The molecule has 0 unspecified atom stereocenters. The van der Waals surface area contributed by atoms with E-state index in [2.05, 4.69) is 79.1 Å². The minimum atomic E-state index is 0.745. The lowest BCUT2D eigenvalue weighted by Crippen LogP contribution is -2.42. The third-order valence-electron chi connectivity index (χ3n) is 4.12. The Bertz CT molecular complexity index is 401. The van der Waals surface area contributed by atoms with Crippen molar-refractivity contribution in [3.05, 3.63) is 0 Å². The average molecular weight is 481 g/mol. The van der Waals surface area contributed by atoms with Crippen LogP contribution in [0.2, 0.25) is 0 Å². The van der Waals surface area contributed by atoms with Crippen LogP contribution in [0.4, 0.5) is 0 Å². The maximum atomic E-state index is 5.35. The molecule has 0 rings (SSSR count). The van der Waals surface area contributed by atoms with Crippen LogP contribution in [0.3, 0.4) is 0 Å². The summed E-state index contributed by atoms with van der Waals surface area (Å²) in [5.41, 5.74) is 0. The van der Waals surface area contributed by atoms with Gasteiger partial charge in [-0.25, -0.2) is 0 Å². The number of hydrogen-bond donors (Lipinski definition) is 3. The van der Waals surface area contributed by atoms with Crippen molar-refractivity contribution in [1.82, 2.24) is 30.7 Å². The standard InChI is InChI=1S/C9H20N2S.C7H16N2S.C5H12N2S/c1-5-10(6-2)9(12)11(7-3)8-4;1-4-8-7(10)9(5-2)6-3;1-3-6-5(8)7-4-2/h5-8H2,1-4H3;4-6H2,1-3H3,(H,8,10);3-4H2,1-2H3,(H2,6,7,8). The van der Waals surface area contributed by atoms with Crippen molar-refractivity contribution in [3.8, 4) is 0 Å². The Kier molecular flexibility index (Phi) is 27.3. The van der Waals surface area contributed by atoms with Crippen molar-refractivity contribution in [2.45, 2.75) is 62.3 Å². The van der Waals surface area contributed by atoms with Crippen LogP contribution in [0.25, 0.3) is 0 Å². The summed E-state index contributed by atoms with van der Waals surface area (Å²) in [6, 6.07) is 0. The molecule has 0 saturated carbocycles. The summed E-state index contributed by atoms with van der Waals surface area (Å²) in [4.78, 5) is 6.55. The van der Waals surface area contributed by atoms with Crippen molar-refractivity contribution in [2.24, 2.45) is 0 Å². The number of rotatable bonds is 9. The molecule has 0 aliphatic heterocycles. The first-order valence-corrected chi connectivity index (χ1v) is 12.6. The highest BCUT2D eigenvalue weighted by Crippen LogP contribution is 1.98. The van der Waals surface area contributed by atoms with Crippen molar-refractivity contribution < 1.29 is 0 Å². The van der Waals surface area contributed by atoms with Gasteiger partial charge in [0.1, 0.15) is 0 Å². The van der Waals surface area contributed by atoms with Gasteiger partial charge in [0, 0.05) is 58.9 Å². The zero-order valence-corrected chi connectivity index (χ0v) is 23.4. The monoisotopic (exact) mass is 480 g/mol. The molecule has 0 heterocycles. The first-order chi connectivity index (χ1) is 14.3. The van der Waals surface area contributed by atoms with E-state index in [0.717, 1.165) is 74.2 Å². The van der Waals surface area contributed by atoms with Crippen LogP contribution in [0.5, 0.6) is 0 Å². The SMILES string of the molecule is CCN(CC)C(=S)N(CC)CC.CCNC(=S)N(CC)CC.CCNC(=S)NCC. The van der Waals surface area contributed by atoms with E-state index in [1.54, 1.807) is 0 Å². The summed E-state index contributed by atoms with van der Waals surface area (Å²) in [6.45, 7) is 27.5. The van der Waals surface area contributed by atoms with Gasteiger partial charge in [-0.05, 0) is 99.0 Å². The second-order valence-electron chi connectivity index (χ2n) is 6.02. The lowest BCUT2D eigenvalue weighted by atomic mass is 10.5. The molecule has 180 valence electrons. The second-order valence-corrected chi connectivity index (χ2v) is 7.18.